The lowest BCUT2D eigenvalue weighted by Gasteiger charge is -2.37. The van der Waals surface area contributed by atoms with Gasteiger partial charge < -0.3 is 14.4 Å². The standard InChI is InChI=1S/C22H27N2O4/c1-23(2)13-7-9-15(17(11-13)27-5)19-21(25)20(22(19)26)16-10-8-14(24(3)4)12-18(16)28-6/h7-12,15,19-20H,1-6H3/q+1. The van der Waals surface area contributed by atoms with Crippen LogP contribution in [0.15, 0.2) is 42.2 Å². The summed E-state index contributed by atoms with van der Waals surface area (Å²) in [7, 11) is 10.8. The van der Waals surface area contributed by atoms with Crippen LogP contribution >= 0.6 is 0 Å². The molecule has 1 atom stereocenters. The molecule has 0 aromatic heterocycles. The second kappa shape index (κ2) is 7.62. The Morgan fingerprint density at radius 2 is 1.71 bits per heavy atom. The Morgan fingerprint density at radius 3 is 2.25 bits per heavy atom. The molecule has 0 aliphatic heterocycles. The molecule has 0 amide bonds. The molecule has 28 heavy (non-hydrogen) atoms. The Morgan fingerprint density at radius 1 is 1.04 bits per heavy atom. The highest BCUT2D eigenvalue weighted by Crippen LogP contribution is 2.45. The second-order valence-electron chi connectivity index (χ2n) is 7.49. The topological polar surface area (TPSA) is 58.9 Å². The van der Waals surface area contributed by atoms with Crippen molar-refractivity contribution in [2.75, 3.05) is 47.3 Å². The van der Waals surface area contributed by atoms with E-state index in [2.05, 4.69) is 0 Å². The number of Topliss-reactive ketones (excluding diaryl/α,β-unsaturated/α-hetero) is 2. The molecule has 148 valence electrons. The van der Waals surface area contributed by atoms with Crippen LogP contribution in [0.1, 0.15) is 11.5 Å². The summed E-state index contributed by atoms with van der Waals surface area (Å²) < 4.78 is 12.9. The summed E-state index contributed by atoms with van der Waals surface area (Å²) in [4.78, 5) is 28.0. The molecule has 0 N–H and O–H groups in total. The average Bonchev–Trinajstić information content (AvgIpc) is 2.68. The van der Waals surface area contributed by atoms with Crippen LogP contribution in [-0.2, 0) is 14.3 Å². The fourth-order valence-electron chi connectivity index (χ4n) is 3.76. The molecule has 6 heteroatoms. The van der Waals surface area contributed by atoms with Crippen LogP contribution in [0, 0.1) is 11.8 Å². The van der Waals surface area contributed by atoms with E-state index >= 15 is 0 Å². The summed E-state index contributed by atoms with van der Waals surface area (Å²) in [5.41, 5.74) is 2.54. The van der Waals surface area contributed by atoms with E-state index in [9.17, 15) is 9.59 Å². The monoisotopic (exact) mass is 383 g/mol. The van der Waals surface area contributed by atoms with Gasteiger partial charge in [0.05, 0.1) is 26.1 Å². The summed E-state index contributed by atoms with van der Waals surface area (Å²) in [6.07, 6.45) is 5.69. The summed E-state index contributed by atoms with van der Waals surface area (Å²) in [5, 5.41) is 0. The van der Waals surface area contributed by atoms with E-state index in [0.29, 0.717) is 17.1 Å². The van der Waals surface area contributed by atoms with Crippen molar-refractivity contribution < 1.29 is 23.6 Å². The molecule has 3 rings (SSSR count). The number of hydrogen-bond donors (Lipinski definition) is 0. The molecule has 1 unspecified atom stereocenters. The molecule has 6 nitrogen and oxygen atoms in total. The fraction of sp³-hybridized carbons (Fsp3) is 0.409. The number of carbonyl (C=O) groups is 2. The van der Waals surface area contributed by atoms with E-state index in [1.165, 1.54) is 0 Å². The molecule has 0 radical (unpaired) electrons. The second-order valence-corrected chi connectivity index (χ2v) is 7.49. The molecule has 0 bridgehead atoms. The van der Waals surface area contributed by atoms with Gasteiger partial charge in [0.15, 0.2) is 11.6 Å². The highest BCUT2D eigenvalue weighted by molar-refractivity contribution is 6.28. The summed E-state index contributed by atoms with van der Waals surface area (Å²) in [5.74, 6) is -0.848. The van der Waals surface area contributed by atoms with Crippen molar-refractivity contribution >= 4 is 23.0 Å². The zero-order valence-corrected chi connectivity index (χ0v) is 17.2. The van der Waals surface area contributed by atoms with Crippen LogP contribution in [0.3, 0.4) is 0 Å². The fourth-order valence-corrected chi connectivity index (χ4v) is 3.76. The first-order chi connectivity index (χ1) is 13.3. The highest BCUT2D eigenvalue weighted by atomic mass is 16.5. The molecule has 0 saturated heterocycles. The lowest BCUT2D eigenvalue weighted by molar-refractivity contribution is -0.462. The Labute approximate surface area is 165 Å². The van der Waals surface area contributed by atoms with Crippen molar-refractivity contribution in [3.63, 3.8) is 0 Å². The highest BCUT2D eigenvalue weighted by Gasteiger charge is 2.54. The maximum atomic E-state index is 13.0. The predicted molar refractivity (Wildman–Crippen MR) is 108 cm³/mol. The first-order valence-corrected chi connectivity index (χ1v) is 9.21. The number of carbonyl (C=O) groups excluding carboxylic acids is 2. The van der Waals surface area contributed by atoms with Gasteiger partial charge in [-0.25, -0.2) is 4.58 Å². The smallest absolute Gasteiger partial charge is 0.202 e. The normalized spacial score (nSPS) is 23.9. The minimum atomic E-state index is -0.776. The Bertz CT molecular complexity index is 891. The van der Waals surface area contributed by atoms with Crippen molar-refractivity contribution in [3.8, 4) is 5.75 Å². The van der Waals surface area contributed by atoms with E-state index in [4.69, 9.17) is 9.47 Å². The van der Waals surface area contributed by atoms with Crippen molar-refractivity contribution in [1.29, 1.82) is 0 Å². The molecule has 2 aliphatic carbocycles. The molecular weight excluding hydrogens is 356 g/mol. The van der Waals surface area contributed by atoms with Gasteiger partial charge in [0, 0.05) is 43.6 Å². The van der Waals surface area contributed by atoms with Crippen LogP contribution in [0.25, 0.3) is 0 Å². The minimum absolute atomic E-state index is 0.0909. The number of ketones is 2. The minimum Gasteiger partial charge on any atom is -0.500 e. The van der Waals surface area contributed by atoms with Crippen molar-refractivity contribution in [3.05, 3.63) is 47.7 Å². The SMILES string of the molecule is COC1=CC(=[N+](C)C)C=CC1C1C(=O)C(c2ccc(N(C)C)cc2OC)C1=O. The van der Waals surface area contributed by atoms with Crippen molar-refractivity contribution in [2.45, 2.75) is 5.92 Å². The number of ether oxygens (including phenoxy) is 2. The molecule has 1 saturated carbocycles. The molecule has 0 heterocycles. The Balaban J connectivity index is 1.89. The number of rotatable bonds is 5. The molecule has 1 aromatic carbocycles. The van der Waals surface area contributed by atoms with Crippen LogP contribution in [0.2, 0.25) is 0 Å². The van der Waals surface area contributed by atoms with E-state index in [-0.39, 0.29) is 17.5 Å². The quantitative estimate of drug-likeness (QED) is 0.575. The zero-order valence-electron chi connectivity index (χ0n) is 17.2. The largest absolute Gasteiger partial charge is 0.500 e. The first kappa shape index (κ1) is 19.9. The summed E-state index contributed by atoms with van der Waals surface area (Å²) in [6, 6.07) is 5.56. The molecule has 1 aromatic rings. The van der Waals surface area contributed by atoms with Crippen molar-refractivity contribution in [2.24, 2.45) is 11.8 Å². The van der Waals surface area contributed by atoms with Gasteiger partial charge in [-0.05, 0) is 6.07 Å². The third kappa shape index (κ3) is 3.23. The first-order valence-electron chi connectivity index (χ1n) is 9.21. The van der Waals surface area contributed by atoms with Crippen LogP contribution in [0.4, 0.5) is 5.69 Å². The van der Waals surface area contributed by atoms with E-state index in [1.54, 1.807) is 14.2 Å². The van der Waals surface area contributed by atoms with Crippen molar-refractivity contribution in [1.82, 2.24) is 0 Å². The van der Waals surface area contributed by atoms with Gasteiger partial charge in [-0.3, -0.25) is 9.59 Å². The van der Waals surface area contributed by atoms with Gasteiger partial charge in [0.1, 0.15) is 31.5 Å². The number of methoxy groups -OCH3 is 2. The van der Waals surface area contributed by atoms with Gasteiger partial charge in [-0.1, -0.05) is 12.1 Å². The molecule has 2 aliphatic rings. The van der Waals surface area contributed by atoms with E-state index in [1.807, 2.05) is 74.1 Å². The van der Waals surface area contributed by atoms with Crippen LogP contribution < -0.4 is 9.64 Å². The number of nitrogens with zero attached hydrogens (tertiary/aromatic N) is 2. The summed E-state index contributed by atoms with van der Waals surface area (Å²) >= 11 is 0. The van der Waals surface area contributed by atoms with E-state index in [0.717, 1.165) is 11.4 Å². The lowest BCUT2D eigenvalue weighted by Crippen LogP contribution is -2.50. The molecular formula is C22H27N2O4+. The molecule has 0 spiro atoms. The average molecular weight is 383 g/mol. The maximum absolute atomic E-state index is 13.0. The zero-order chi connectivity index (χ0) is 20.6. The van der Waals surface area contributed by atoms with Crippen LogP contribution in [0.5, 0.6) is 5.75 Å². The number of benzene rings is 1. The van der Waals surface area contributed by atoms with Crippen LogP contribution in [-0.4, -0.2) is 64.3 Å². The Hall–Kier alpha value is -2.89. The predicted octanol–water partition coefficient (Wildman–Crippen LogP) is 2.04. The molecule has 1 fully saturated rings. The van der Waals surface area contributed by atoms with Gasteiger partial charge in [-0.15, -0.1) is 0 Å². The van der Waals surface area contributed by atoms with Gasteiger partial charge in [-0.2, -0.15) is 0 Å². The van der Waals surface area contributed by atoms with Gasteiger partial charge in [0.2, 0.25) is 5.71 Å². The number of anilines is 1. The lowest BCUT2D eigenvalue weighted by atomic mass is 9.62. The summed E-state index contributed by atoms with van der Waals surface area (Å²) in [6.45, 7) is 0. The third-order valence-corrected chi connectivity index (χ3v) is 5.43. The third-order valence-electron chi connectivity index (χ3n) is 5.43. The maximum Gasteiger partial charge on any atom is 0.202 e. The Kier molecular flexibility index (Phi) is 5.40. The number of allylic oxidation sites excluding steroid dienone is 3. The number of hydrogen-bond acceptors (Lipinski definition) is 5. The van der Waals surface area contributed by atoms with Gasteiger partial charge >= 0.3 is 0 Å². The van der Waals surface area contributed by atoms with E-state index < -0.39 is 11.8 Å². The van der Waals surface area contributed by atoms with Gasteiger partial charge in [0.25, 0.3) is 0 Å².